The summed E-state index contributed by atoms with van der Waals surface area (Å²) < 4.78 is 0.909. The second-order valence-corrected chi connectivity index (χ2v) is 5.65. The molecule has 0 aliphatic rings. The number of nitrogens with one attached hydrogen (secondary N) is 1. The first-order chi connectivity index (χ1) is 9.10. The lowest BCUT2D eigenvalue weighted by Gasteiger charge is -2.10. The molecule has 0 aliphatic carbocycles. The fraction of sp³-hybridized carbons (Fsp3) is 0.0714. The Kier molecular flexibility index (Phi) is 4.71. The average molecular weight is 356 g/mol. The van der Waals surface area contributed by atoms with Crippen LogP contribution in [-0.2, 0) is 6.54 Å². The summed E-state index contributed by atoms with van der Waals surface area (Å²) in [4.78, 5) is 0. The molecule has 0 atom stereocenters. The smallest absolute Gasteiger partial charge is 0.101 e. The van der Waals surface area contributed by atoms with E-state index in [1.54, 1.807) is 24.3 Å². The number of halogens is 3. The van der Waals surface area contributed by atoms with E-state index in [2.05, 4.69) is 27.3 Å². The van der Waals surface area contributed by atoms with Crippen molar-refractivity contribution in [3.05, 3.63) is 62.0 Å². The molecule has 1 N–H and O–H groups in total. The second kappa shape index (κ2) is 6.29. The lowest BCUT2D eigenvalue weighted by molar-refractivity contribution is 1.14. The third kappa shape index (κ3) is 3.63. The molecule has 0 fully saturated rings. The summed E-state index contributed by atoms with van der Waals surface area (Å²) in [6, 6.07) is 12.9. The third-order valence-corrected chi connectivity index (χ3v) is 3.68. The van der Waals surface area contributed by atoms with Crippen LogP contribution >= 0.6 is 39.1 Å². The van der Waals surface area contributed by atoms with Crippen molar-refractivity contribution < 1.29 is 0 Å². The monoisotopic (exact) mass is 354 g/mol. The first-order valence-corrected chi connectivity index (χ1v) is 7.02. The molecule has 0 aromatic heterocycles. The van der Waals surface area contributed by atoms with Crippen LogP contribution in [0.3, 0.4) is 0 Å². The lowest BCUT2D eigenvalue weighted by atomic mass is 10.1. The number of nitrogens with zero attached hydrogens (tertiary/aromatic N) is 1. The van der Waals surface area contributed by atoms with Crippen LogP contribution < -0.4 is 5.32 Å². The maximum absolute atomic E-state index is 9.05. The van der Waals surface area contributed by atoms with Gasteiger partial charge in [0.1, 0.15) is 6.07 Å². The molecule has 19 heavy (non-hydrogen) atoms. The first-order valence-electron chi connectivity index (χ1n) is 5.47. The normalized spacial score (nSPS) is 10.0. The van der Waals surface area contributed by atoms with Crippen molar-refractivity contribution in [1.29, 1.82) is 5.26 Å². The fourth-order valence-corrected chi connectivity index (χ4v) is 2.37. The van der Waals surface area contributed by atoms with Crippen molar-refractivity contribution in [3.8, 4) is 6.07 Å². The maximum atomic E-state index is 9.05. The average Bonchev–Trinajstić information content (AvgIpc) is 2.40. The van der Waals surface area contributed by atoms with E-state index >= 15 is 0 Å². The summed E-state index contributed by atoms with van der Waals surface area (Å²) in [6.07, 6.45) is 0. The van der Waals surface area contributed by atoms with E-state index in [1.807, 2.05) is 12.1 Å². The van der Waals surface area contributed by atoms with E-state index in [9.17, 15) is 0 Å². The van der Waals surface area contributed by atoms with E-state index < -0.39 is 0 Å². The Labute approximate surface area is 130 Å². The summed E-state index contributed by atoms with van der Waals surface area (Å²) in [5.41, 5.74) is 2.23. The lowest BCUT2D eigenvalue weighted by Crippen LogP contribution is -2.02. The number of hydrogen-bond donors (Lipinski definition) is 1. The fourth-order valence-electron chi connectivity index (χ4n) is 1.63. The molecular formula is C14H9BrCl2N2. The van der Waals surface area contributed by atoms with E-state index in [0.717, 1.165) is 15.7 Å². The molecule has 0 saturated carbocycles. The molecule has 2 rings (SSSR count). The molecule has 2 nitrogen and oxygen atoms in total. The molecule has 0 heterocycles. The number of anilines is 1. The minimum absolute atomic E-state index is 0.504. The summed E-state index contributed by atoms with van der Waals surface area (Å²) >= 11 is 15.4. The SMILES string of the molecule is N#Cc1ccc(Br)cc1NCc1cc(Cl)ccc1Cl. The molecule has 2 aromatic rings. The summed E-state index contributed by atoms with van der Waals surface area (Å²) in [5.74, 6) is 0. The van der Waals surface area contributed by atoms with E-state index in [4.69, 9.17) is 28.5 Å². The molecule has 0 radical (unpaired) electrons. The Hall–Kier alpha value is -1.21. The summed E-state index contributed by atoms with van der Waals surface area (Å²) in [5, 5.41) is 13.5. The third-order valence-electron chi connectivity index (χ3n) is 2.58. The molecule has 2 aromatic carbocycles. The van der Waals surface area contributed by atoms with Gasteiger partial charge < -0.3 is 5.32 Å². The first kappa shape index (κ1) is 14.2. The van der Waals surface area contributed by atoms with Crippen molar-refractivity contribution in [3.63, 3.8) is 0 Å². The molecule has 0 bridgehead atoms. The Morgan fingerprint density at radius 2 is 1.95 bits per heavy atom. The van der Waals surface area contributed by atoms with Crippen molar-refractivity contribution in [2.45, 2.75) is 6.54 Å². The van der Waals surface area contributed by atoms with Gasteiger partial charge in [0.2, 0.25) is 0 Å². The highest BCUT2D eigenvalue weighted by Crippen LogP contribution is 2.24. The second-order valence-electron chi connectivity index (χ2n) is 3.89. The van der Waals surface area contributed by atoms with Gasteiger partial charge in [0.25, 0.3) is 0 Å². The molecular weight excluding hydrogens is 347 g/mol. The number of nitriles is 1. The highest BCUT2D eigenvalue weighted by Gasteiger charge is 2.05. The van der Waals surface area contributed by atoms with Gasteiger partial charge in [-0.05, 0) is 42.0 Å². The van der Waals surface area contributed by atoms with Crippen LogP contribution in [0.5, 0.6) is 0 Å². The Bertz CT molecular complexity index is 650. The van der Waals surface area contributed by atoms with Gasteiger partial charge in [-0.25, -0.2) is 0 Å². The quantitative estimate of drug-likeness (QED) is 0.817. The molecule has 96 valence electrons. The number of hydrogen-bond acceptors (Lipinski definition) is 2. The standard InChI is InChI=1S/C14H9BrCl2N2/c15-11-2-1-9(7-18)14(6-11)19-8-10-5-12(16)3-4-13(10)17/h1-6,19H,8H2. The van der Waals surface area contributed by atoms with Crippen LogP contribution in [0, 0.1) is 11.3 Å². The van der Waals surface area contributed by atoms with Crippen LogP contribution in [0.1, 0.15) is 11.1 Å². The molecule has 0 spiro atoms. The van der Waals surface area contributed by atoms with Crippen molar-refractivity contribution in [1.82, 2.24) is 0 Å². The van der Waals surface area contributed by atoms with Gasteiger partial charge in [0.05, 0.1) is 11.3 Å². The molecule has 0 saturated heterocycles. The van der Waals surface area contributed by atoms with Gasteiger partial charge >= 0.3 is 0 Å². The predicted molar refractivity (Wildman–Crippen MR) is 82.6 cm³/mol. The van der Waals surface area contributed by atoms with E-state index in [1.165, 1.54) is 0 Å². The van der Waals surface area contributed by atoms with E-state index in [-0.39, 0.29) is 0 Å². The van der Waals surface area contributed by atoms with Crippen LogP contribution in [0.4, 0.5) is 5.69 Å². The minimum Gasteiger partial charge on any atom is -0.380 e. The van der Waals surface area contributed by atoms with Crippen molar-refractivity contribution in [2.24, 2.45) is 0 Å². The van der Waals surface area contributed by atoms with Gasteiger partial charge in [0.15, 0.2) is 0 Å². The Morgan fingerprint density at radius 1 is 1.16 bits per heavy atom. The summed E-state index contributed by atoms with van der Waals surface area (Å²) in [6.45, 7) is 0.504. The van der Waals surface area contributed by atoms with Crippen molar-refractivity contribution in [2.75, 3.05) is 5.32 Å². The van der Waals surface area contributed by atoms with E-state index in [0.29, 0.717) is 22.2 Å². The number of rotatable bonds is 3. The Balaban J connectivity index is 2.21. The van der Waals surface area contributed by atoms with Gasteiger partial charge in [-0.3, -0.25) is 0 Å². The van der Waals surface area contributed by atoms with Crippen LogP contribution in [0.25, 0.3) is 0 Å². The minimum atomic E-state index is 0.504. The zero-order valence-electron chi connectivity index (χ0n) is 9.75. The maximum Gasteiger partial charge on any atom is 0.101 e. The molecule has 0 amide bonds. The highest BCUT2D eigenvalue weighted by atomic mass is 79.9. The zero-order valence-corrected chi connectivity index (χ0v) is 12.9. The Morgan fingerprint density at radius 3 is 2.68 bits per heavy atom. The van der Waals surface area contributed by atoms with Crippen LogP contribution in [-0.4, -0.2) is 0 Å². The van der Waals surface area contributed by atoms with Crippen LogP contribution in [0.2, 0.25) is 10.0 Å². The molecule has 5 heteroatoms. The number of benzene rings is 2. The predicted octanol–water partition coefficient (Wildman–Crippen LogP) is 5.24. The van der Waals surface area contributed by atoms with Crippen LogP contribution in [0.15, 0.2) is 40.9 Å². The van der Waals surface area contributed by atoms with Gasteiger partial charge in [-0.1, -0.05) is 39.1 Å². The zero-order chi connectivity index (χ0) is 13.8. The topological polar surface area (TPSA) is 35.8 Å². The molecule has 0 aliphatic heterocycles. The van der Waals surface area contributed by atoms with Gasteiger partial charge in [-0.2, -0.15) is 5.26 Å². The van der Waals surface area contributed by atoms with Gasteiger partial charge in [0, 0.05) is 21.1 Å². The summed E-state index contributed by atoms with van der Waals surface area (Å²) in [7, 11) is 0. The van der Waals surface area contributed by atoms with Crippen molar-refractivity contribution >= 4 is 44.8 Å². The largest absolute Gasteiger partial charge is 0.380 e. The van der Waals surface area contributed by atoms with Gasteiger partial charge in [-0.15, -0.1) is 0 Å². The highest BCUT2D eigenvalue weighted by molar-refractivity contribution is 9.10. The molecule has 0 unspecified atom stereocenters.